The Morgan fingerprint density at radius 3 is 2.33 bits per heavy atom. The molecule has 30 heavy (non-hydrogen) atoms. The minimum Gasteiger partial charge on any atom is -0.492 e. The quantitative estimate of drug-likeness (QED) is 0.633. The Morgan fingerprint density at radius 1 is 1.07 bits per heavy atom. The highest BCUT2D eigenvalue weighted by molar-refractivity contribution is 7.92. The van der Waals surface area contributed by atoms with Crippen LogP contribution in [0.2, 0.25) is 0 Å². The SMILES string of the molecule is CCOc1ccccc1N(CC(=O)Nc1ccccc1C(=O)NC(C)C)S(C)(=O)=O. The molecule has 9 heteroatoms. The van der Waals surface area contributed by atoms with Gasteiger partial charge in [-0.1, -0.05) is 24.3 Å². The van der Waals surface area contributed by atoms with Crippen molar-refractivity contribution in [2.45, 2.75) is 26.8 Å². The second kappa shape index (κ2) is 10.1. The summed E-state index contributed by atoms with van der Waals surface area (Å²) in [4.78, 5) is 25.1. The normalized spacial score (nSPS) is 11.1. The molecular formula is C21H27N3O5S. The van der Waals surface area contributed by atoms with Crippen LogP contribution in [0.25, 0.3) is 0 Å². The maximum Gasteiger partial charge on any atom is 0.253 e. The number of rotatable bonds is 9. The fourth-order valence-electron chi connectivity index (χ4n) is 2.77. The van der Waals surface area contributed by atoms with E-state index in [1.165, 1.54) is 0 Å². The van der Waals surface area contributed by atoms with E-state index in [9.17, 15) is 18.0 Å². The van der Waals surface area contributed by atoms with E-state index in [-0.39, 0.29) is 17.6 Å². The van der Waals surface area contributed by atoms with E-state index < -0.39 is 22.5 Å². The van der Waals surface area contributed by atoms with Gasteiger partial charge in [-0.25, -0.2) is 8.42 Å². The first-order chi connectivity index (χ1) is 14.1. The minimum atomic E-state index is -3.78. The molecule has 0 aromatic heterocycles. The molecule has 0 bridgehead atoms. The molecule has 0 saturated carbocycles. The van der Waals surface area contributed by atoms with Crippen LogP contribution in [-0.4, -0.2) is 45.7 Å². The van der Waals surface area contributed by atoms with E-state index in [2.05, 4.69) is 10.6 Å². The van der Waals surface area contributed by atoms with Crippen molar-refractivity contribution in [2.24, 2.45) is 0 Å². The molecule has 0 aliphatic rings. The third-order valence-corrected chi connectivity index (χ3v) is 5.11. The third kappa shape index (κ3) is 6.21. The van der Waals surface area contributed by atoms with Crippen LogP contribution >= 0.6 is 0 Å². The maximum atomic E-state index is 12.7. The van der Waals surface area contributed by atoms with Crippen LogP contribution in [0.1, 0.15) is 31.1 Å². The average Bonchev–Trinajstić information content (AvgIpc) is 2.66. The highest BCUT2D eigenvalue weighted by Crippen LogP contribution is 2.29. The summed E-state index contributed by atoms with van der Waals surface area (Å²) in [6.45, 7) is 5.33. The third-order valence-electron chi connectivity index (χ3n) is 3.99. The molecule has 0 radical (unpaired) electrons. The summed E-state index contributed by atoms with van der Waals surface area (Å²) in [6, 6.07) is 13.1. The second-order valence-corrected chi connectivity index (χ2v) is 8.80. The van der Waals surface area contributed by atoms with Gasteiger partial charge in [-0.3, -0.25) is 13.9 Å². The standard InChI is InChI=1S/C21H27N3O5S/c1-5-29-19-13-9-8-12-18(19)24(30(4,27)28)14-20(25)23-17-11-7-6-10-16(17)21(26)22-15(2)3/h6-13,15H,5,14H2,1-4H3,(H,22,26)(H,23,25). The lowest BCUT2D eigenvalue weighted by Crippen LogP contribution is -2.38. The number of hydrogen-bond donors (Lipinski definition) is 2. The number of carbonyl (C=O) groups excluding carboxylic acids is 2. The lowest BCUT2D eigenvalue weighted by atomic mass is 10.1. The van der Waals surface area contributed by atoms with E-state index in [1.54, 1.807) is 55.5 Å². The molecular weight excluding hydrogens is 406 g/mol. The largest absolute Gasteiger partial charge is 0.492 e. The van der Waals surface area contributed by atoms with E-state index in [0.717, 1.165) is 10.6 Å². The zero-order valence-corrected chi connectivity index (χ0v) is 18.3. The number of sulfonamides is 1. The van der Waals surface area contributed by atoms with Gasteiger partial charge < -0.3 is 15.4 Å². The number of ether oxygens (including phenoxy) is 1. The second-order valence-electron chi connectivity index (χ2n) is 6.89. The molecule has 0 heterocycles. The van der Waals surface area contributed by atoms with Crippen molar-refractivity contribution in [3.63, 3.8) is 0 Å². The first kappa shape index (κ1) is 23.2. The first-order valence-electron chi connectivity index (χ1n) is 9.52. The van der Waals surface area contributed by atoms with Gasteiger partial charge in [-0.05, 0) is 45.0 Å². The highest BCUT2D eigenvalue weighted by atomic mass is 32.2. The molecule has 0 spiro atoms. The molecule has 0 unspecified atom stereocenters. The van der Waals surface area contributed by atoms with Crippen LogP contribution in [0, 0.1) is 0 Å². The molecule has 8 nitrogen and oxygen atoms in total. The Balaban J connectivity index is 2.29. The summed E-state index contributed by atoms with van der Waals surface area (Å²) in [6.07, 6.45) is 1.02. The summed E-state index contributed by atoms with van der Waals surface area (Å²) < 4.78 is 31.3. The van der Waals surface area contributed by atoms with Crippen molar-refractivity contribution in [3.8, 4) is 5.75 Å². The van der Waals surface area contributed by atoms with Gasteiger partial charge in [0.05, 0.1) is 29.8 Å². The van der Waals surface area contributed by atoms with Crippen molar-refractivity contribution < 1.29 is 22.7 Å². The zero-order valence-electron chi connectivity index (χ0n) is 17.5. The van der Waals surface area contributed by atoms with E-state index in [1.807, 2.05) is 13.8 Å². The van der Waals surface area contributed by atoms with Gasteiger partial charge in [0, 0.05) is 6.04 Å². The van der Waals surface area contributed by atoms with E-state index in [4.69, 9.17) is 4.74 Å². The monoisotopic (exact) mass is 433 g/mol. The predicted molar refractivity (Wildman–Crippen MR) is 117 cm³/mol. The molecule has 0 atom stereocenters. The number of nitrogens with one attached hydrogen (secondary N) is 2. The summed E-state index contributed by atoms with van der Waals surface area (Å²) >= 11 is 0. The van der Waals surface area contributed by atoms with Crippen LogP contribution in [-0.2, 0) is 14.8 Å². The number of anilines is 2. The topological polar surface area (TPSA) is 105 Å². The van der Waals surface area contributed by atoms with Crippen LogP contribution in [0.15, 0.2) is 48.5 Å². The lowest BCUT2D eigenvalue weighted by Gasteiger charge is -2.24. The summed E-state index contributed by atoms with van der Waals surface area (Å²) in [5, 5.41) is 5.41. The molecule has 2 aromatic carbocycles. The van der Waals surface area contributed by atoms with E-state index >= 15 is 0 Å². The summed E-state index contributed by atoms with van der Waals surface area (Å²) in [5.41, 5.74) is 0.857. The molecule has 2 rings (SSSR count). The van der Waals surface area contributed by atoms with Crippen LogP contribution in [0.5, 0.6) is 5.75 Å². The van der Waals surface area contributed by atoms with E-state index in [0.29, 0.717) is 23.6 Å². The fourth-order valence-corrected chi connectivity index (χ4v) is 3.63. The average molecular weight is 434 g/mol. The Bertz CT molecular complexity index is 1010. The van der Waals surface area contributed by atoms with Crippen LogP contribution in [0.4, 0.5) is 11.4 Å². The molecule has 0 aliphatic carbocycles. The van der Waals surface area contributed by atoms with Crippen molar-refractivity contribution in [1.29, 1.82) is 0 Å². The fraction of sp³-hybridized carbons (Fsp3) is 0.333. The van der Waals surface area contributed by atoms with Gasteiger partial charge in [0.25, 0.3) is 5.91 Å². The van der Waals surface area contributed by atoms with Crippen molar-refractivity contribution in [3.05, 3.63) is 54.1 Å². The van der Waals surface area contributed by atoms with Gasteiger partial charge in [0.15, 0.2) is 0 Å². The number of benzene rings is 2. The summed E-state index contributed by atoms with van der Waals surface area (Å²) in [5.74, 6) is -0.561. The van der Waals surface area contributed by atoms with Crippen LogP contribution in [0.3, 0.4) is 0 Å². The smallest absolute Gasteiger partial charge is 0.253 e. The van der Waals surface area contributed by atoms with Crippen molar-refractivity contribution in [2.75, 3.05) is 29.0 Å². The first-order valence-corrected chi connectivity index (χ1v) is 11.4. The lowest BCUT2D eigenvalue weighted by molar-refractivity contribution is -0.114. The Morgan fingerprint density at radius 2 is 1.70 bits per heavy atom. The molecule has 0 aliphatic heterocycles. The number of amides is 2. The van der Waals surface area contributed by atoms with Gasteiger partial charge in [-0.15, -0.1) is 0 Å². The minimum absolute atomic E-state index is 0.0722. The Kier molecular flexibility index (Phi) is 7.82. The molecule has 2 aromatic rings. The van der Waals surface area contributed by atoms with Crippen molar-refractivity contribution >= 4 is 33.2 Å². The highest BCUT2D eigenvalue weighted by Gasteiger charge is 2.24. The molecule has 0 fully saturated rings. The summed E-state index contributed by atoms with van der Waals surface area (Å²) in [7, 11) is -3.78. The molecule has 2 amide bonds. The number of nitrogens with zero attached hydrogens (tertiary/aromatic N) is 1. The molecule has 2 N–H and O–H groups in total. The predicted octanol–water partition coefficient (Wildman–Crippen LogP) is 2.63. The van der Waals surface area contributed by atoms with Crippen molar-refractivity contribution in [1.82, 2.24) is 5.32 Å². The molecule has 162 valence electrons. The van der Waals surface area contributed by atoms with Crippen LogP contribution < -0.4 is 19.7 Å². The van der Waals surface area contributed by atoms with Gasteiger partial charge in [0.1, 0.15) is 12.3 Å². The number of hydrogen-bond acceptors (Lipinski definition) is 5. The zero-order chi connectivity index (χ0) is 22.3. The maximum absolute atomic E-state index is 12.7. The Hall–Kier alpha value is -3.07. The van der Waals surface area contributed by atoms with Gasteiger partial charge >= 0.3 is 0 Å². The number of para-hydroxylation sites is 3. The van der Waals surface area contributed by atoms with Gasteiger partial charge in [-0.2, -0.15) is 0 Å². The molecule has 0 saturated heterocycles. The number of carbonyl (C=O) groups is 2. The van der Waals surface area contributed by atoms with Gasteiger partial charge in [0.2, 0.25) is 15.9 Å². The Labute approximate surface area is 177 Å².